The Morgan fingerprint density at radius 2 is 1.64 bits per heavy atom. The number of carbonyl (C=O) groups is 2. The first-order valence-corrected chi connectivity index (χ1v) is 14.4. The van der Waals surface area contributed by atoms with Gasteiger partial charge < -0.3 is 25.5 Å². The third-order valence-electron chi connectivity index (χ3n) is 11.7. The molecule has 0 aliphatic heterocycles. The monoisotopic (exact) mass is 508 g/mol. The Labute approximate surface area is 215 Å². The predicted molar refractivity (Wildman–Crippen MR) is 135 cm³/mol. The van der Waals surface area contributed by atoms with Gasteiger partial charge in [0.05, 0.1) is 24.2 Å². The van der Waals surface area contributed by atoms with E-state index < -0.39 is 24.0 Å². The van der Waals surface area contributed by atoms with Crippen molar-refractivity contribution in [2.75, 3.05) is 0 Å². The molecule has 0 amide bonds. The Balaban J connectivity index is 1.45. The molecule has 0 radical (unpaired) electrons. The molecule has 206 valence electrons. The lowest BCUT2D eigenvalue weighted by atomic mass is 9.43. The number of aliphatic hydroxyl groups excluding tert-OH is 3. The molecule has 4 fully saturated rings. The summed E-state index contributed by atoms with van der Waals surface area (Å²) in [7, 11) is 0. The van der Waals surface area contributed by atoms with Crippen LogP contribution in [0.15, 0.2) is 0 Å². The van der Waals surface area contributed by atoms with E-state index in [0.717, 1.165) is 51.4 Å². The number of aliphatic hydroxyl groups is 3. The summed E-state index contributed by atoms with van der Waals surface area (Å²) in [5, 5.41) is 52.0. The van der Waals surface area contributed by atoms with E-state index in [9.17, 15) is 30.0 Å². The molecule has 5 N–H and O–H groups in total. The summed E-state index contributed by atoms with van der Waals surface area (Å²) in [4.78, 5) is 22.4. The molecule has 0 heterocycles. The van der Waals surface area contributed by atoms with E-state index in [2.05, 4.69) is 20.8 Å². The highest BCUT2D eigenvalue weighted by molar-refractivity contribution is 5.72. The maximum atomic E-state index is 11.7. The molecule has 0 saturated heterocycles. The van der Waals surface area contributed by atoms with Gasteiger partial charge in [0.25, 0.3) is 0 Å². The van der Waals surface area contributed by atoms with Crippen molar-refractivity contribution in [3.8, 4) is 0 Å². The molecule has 36 heavy (non-hydrogen) atoms. The number of fused-ring (bicyclic) bond motifs is 5. The molecule has 4 rings (SSSR count). The molecule has 4 aliphatic carbocycles. The van der Waals surface area contributed by atoms with Crippen LogP contribution in [0, 0.1) is 52.3 Å². The maximum Gasteiger partial charge on any atom is 0.306 e. The van der Waals surface area contributed by atoms with Crippen LogP contribution in [0.25, 0.3) is 0 Å². The lowest BCUT2D eigenvalue weighted by Crippen LogP contribution is -2.62. The van der Waals surface area contributed by atoms with Crippen LogP contribution in [0.4, 0.5) is 0 Å². The summed E-state index contributed by atoms with van der Waals surface area (Å²) in [6, 6.07) is 0. The Morgan fingerprint density at radius 1 is 0.917 bits per heavy atom. The van der Waals surface area contributed by atoms with Gasteiger partial charge in [-0.05, 0) is 104 Å². The van der Waals surface area contributed by atoms with E-state index >= 15 is 0 Å². The molecular formula is C29H48O7. The van der Waals surface area contributed by atoms with Gasteiger partial charge in [-0.1, -0.05) is 33.6 Å². The maximum absolute atomic E-state index is 11.7. The van der Waals surface area contributed by atoms with Crippen LogP contribution in [-0.2, 0) is 9.59 Å². The van der Waals surface area contributed by atoms with Crippen molar-refractivity contribution in [1.82, 2.24) is 0 Å². The molecule has 12 atom stereocenters. The number of aliphatic carboxylic acids is 2. The van der Waals surface area contributed by atoms with Gasteiger partial charge in [-0.3, -0.25) is 9.59 Å². The largest absolute Gasteiger partial charge is 0.481 e. The van der Waals surface area contributed by atoms with Crippen LogP contribution in [0.2, 0.25) is 0 Å². The molecule has 4 saturated carbocycles. The van der Waals surface area contributed by atoms with Gasteiger partial charge in [0.15, 0.2) is 0 Å². The van der Waals surface area contributed by atoms with E-state index in [4.69, 9.17) is 5.11 Å². The second-order valence-electron chi connectivity index (χ2n) is 13.4. The quantitative estimate of drug-likeness (QED) is 0.313. The van der Waals surface area contributed by atoms with Crippen molar-refractivity contribution < 1.29 is 35.1 Å². The van der Waals surface area contributed by atoms with E-state index in [1.165, 1.54) is 0 Å². The molecule has 0 bridgehead atoms. The number of carboxylic acids is 2. The van der Waals surface area contributed by atoms with Crippen molar-refractivity contribution in [3.63, 3.8) is 0 Å². The molecule has 4 aliphatic rings. The van der Waals surface area contributed by atoms with Crippen molar-refractivity contribution >= 4 is 11.9 Å². The minimum Gasteiger partial charge on any atom is -0.481 e. The second-order valence-corrected chi connectivity index (χ2v) is 13.4. The fourth-order valence-electron chi connectivity index (χ4n) is 9.80. The molecule has 0 aromatic heterocycles. The Morgan fingerprint density at radius 3 is 2.31 bits per heavy atom. The highest BCUT2D eigenvalue weighted by Crippen LogP contribution is 2.68. The normalized spacial score (nSPS) is 45.7. The zero-order valence-electron chi connectivity index (χ0n) is 22.3. The van der Waals surface area contributed by atoms with Gasteiger partial charge in [-0.25, -0.2) is 0 Å². The van der Waals surface area contributed by atoms with Crippen LogP contribution < -0.4 is 0 Å². The highest BCUT2D eigenvalue weighted by atomic mass is 16.4. The highest BCUT2D eigenvalue weighted by Gasteiger charge is 2.65. The minimum atomic E-state index is -0.961. The van der Waals surface area contributed by atoms with Crippen molar-refractivity contribution in [2.24, 2.45) is 52.3 Å². The van der Waals surface area contributed by atoms with Gasteiger partial charge in [0.1, 0.15) is 0 Å². The Kier molecular flexibility index (Phi) is 8.14. The van der Waals surface area contributed by atoms with Crippen LogP contribution in [0.1, 0.15) is 97.8 Å². The van der Waals surface area contributed by atoms with Crippen molar-refractivity contribution in [3.05, 3.63) is 0 Å². The first-order chi connectivity index (χ1) is 16.9. The summed E-state index contributed by atoms with van der Waals surface area (Å²) < 4.78 is 0. The molecule has 7 heteroatoms. The van der Waals surface area contributed by atoms with E-state index in [0.29, 0.717) is 30.6 Å². The van der Waals surface area contributed by atoms with Gasteiger partial charge in [-0.2, -0.15) is 0 Å². The van der Waals surface area contributed by atoms with Crippen LogP contribution in [0.3, 0.4) is 0 Å². The summed E-state index contributed by atoms with van der Waals surface area (Å²) in [5.41, 5.74) is -0.303. The Hall–Kier alpha value is -1.18. The Bertz CT molecular complexity index is 815. The van der Waals surface area contributed by atoms with Crippen molar-refractivity contribution in [2.45, 2.75) is 116 Å². The van der Waals surface area contributed by atoms with Crippen LogP contribution >= 0.6 is 0 Å². The standard InChI is InChI=1S/C29H48O7/c1-16(5-4-6-17(27(35)36)7-12-25(33)34)20-10-11-21-26-22(14-24(32)29(20,21)3)28(2)15-19(30)9-8-18(28)13-23(26)31/h16-24,26,30-32H,4-15H2,1-3H3,(H,33,34)(H,35,36)/t16-,17?,18+,19?,20-,21+,22+,23-,24+,26+,28+,29-/m1/s1. The average molecular weight is 509 g/mol. The molecule has 0 aromatic rings. The van der Waals surface area contributed by atoms with E-state index in [1.807, 2.05) is 0 Å². The molecule has 0 spiro atoms. The summed E-state index contributed by atoms with van der Waals surface area (Å²) in [5.74, 6) is -0.813. The minimum absolute atomic E-state index is 0.0324. The predicted octanol–water partition coefficient (Wildman–Crippen LogP) is 4.32. The zero-order chi connectivity index (χ0) is 26.4. The molecule has 2 unspecified atom stereocenters. The number of rotatable bonds is 9. The van der Waals surface area contributed by atoms with Gasteiger partial charge in [0.2, 0.25) is 0 Å². The third kappa shape index (κ3) is 4.84. The van der Waals surface area contributed by atoms with E-state index in [-0.39, 0.29) is 53.6 Å². The topological polar surface area (TPSA) is 135 Å². The molecule has 0 aromatic carbocycles. The number of carboxylic acid groups (broad SMARTS) is 2. The van der Waals surface area contributed by atoms with Gasteiger partial charge >= 0.3 is 11.9 Å². The van der Waals surface area contributed by atoms with Gasteiger partial charge in [-0.15, -0.1) is 0 Å². The first-order valence-electron chi connectivity index (χ1n) is 14.4. The van der Waals surface area contributed by atoms with E-state index in [1.54, 1.807) is 0 Å². The first kappa shape index (κ1) is 27.8. The third-order valence-corrected chi connectivity index (χ3v) is 11.7. The smallest absolute Gasteiger partial charge is 0.306 e. The SMILES string of the molecule is C[C@H](CCCC(CCC(=O)O)C(=O)O)[C@H]1CC[C@H]2[C@@H]3[C@H](O)C[C@@H]4CCC(O)C[C@]4(C)[C@H]3C[C@H](O)[C@]12C. The number of hydrogen-bond acceptors (Lipinski definition) is 5. The average Bonchev–Trinajstić information content (AvgIpc) is 3.15. The molecular weight excluding hydrogens is 460 g/mol. The fraction of sp³-hybridized carbons (Fsp3) is 0.931. The molecule has 7 nitrogen and oxygen atoms in total. The summed E-state index contributed by atoms with van der Waals surface area (Å²) >= 11 is 0. The van der Waals surface area contributed by atoms with Crippen LogP contribution in [0.5, 0.6) is 0 Å². The fourth-order valence-corrected chi connectivity index (χ4v) is 9.80. The second kappa shape index (κ2) is 10.5. The summed E-state index contributed by atoms with van der Waals surface area (Å²) in [6.07, 6.45) is 7.09. The van der Waals surface area contributed by atoms with Gasteiger partial charge in [0, 0.05) is 6.42 Å². The lowest BCUT2D eigenvalue weighted by Gasteiger charge is -2.63. The van der Waals surface area contributed by atoms with Crippen LogP contribution in [-0.4, -0.2) is 55.8 Å². The zero-order valence-corrected chi connectivity index (χ0v) is 22.3. The lowest BCUT2D eigenvalue weighted by molar-refractivity contribution is -0.208. The van der Waals surface area contributed by atoms with Crippen molar-refractivity contribution in [1.29, 1.82) is 0 Å². The number of hydrogen-bond donors (Lipinski definition) is 5. The summed E-state index contributed by atoms with van der Waals surface area (Å²) in [6.45, 7) is 6.75.